The lowest BCUT2D eigenvalue weighted by Gasteiger charge is -2.47. The summed E-state index contributed by atoms with van der Waals surface area (Å²) in [7, 11) is -2.17. The molecular formula is C15H19N5O4S. The van der Waals surface area contributed by atoms with E-state index in [0.29, 0.717) is 17.6 Å². The monoisotopic (exact) mass is 365 g/mol. The van der Waals surface area contributed by atoms with Crippen LogP contribution in [0.4, 0.5) is 0 Å². The van der Waals surface area contributed by atoms with Gasteiger partial charge in [0.2, 0.25) is 15.9 Å². The van der Waals surface area contributed by atoms with Crippen molar-refractivity contribution in [2.75, 3.05) is 6.61 Å². The van der Waals surface area contributed by atoms with Crippen LogP contribution in [0.15, 0.2) is 23.1 Å². The average Bonchev–Trinajstić information content (AvgIpc) is 3.12. The van der Waals surface area contributed by atoms with Crippen molar-refractivity contribution in [2.45, 2.75) is 36.4 Å². The number of rotatable bonds is 4. The molecule has 1 aliphatic carbocycles. The fraction of sp³-hybridized carbons (Fsp3) is 0.533. The predicted molar refractivity (Wildman–Crippen MR) is 88.1 cm³/mol. The molecule has 4 atom stereocenters. The van der Waals surface area contributed by atoms with Gasteiger partial charge >= 0.3 is 0 Å². The summed E-state index contributed by atoms with van der Waals surface area (Å²) in [5, 5.41) is 11.1. The van der Waals surface area contributed by atoms with E-state index in [1.54, 1.807) is 19.2 Å². The Bertz CT molecular complexity index is 941. The van der Waals surface area contributed by atoms with Crippen LogP contribution in [0.5, 0.6) is 0 Å². The molecule has 1 aromatic carbocycles. The second-order valence-corrected chi connectivity index (χ2v) is 8.16. The molecule has 2 aliphatic rings. The largest absolute Gasteiger partial charge is 0.376 e. The van der Waals surface area contributed by atoms with E-state index in [9.17, 15) is 13.2 Å². The van der Waals surface area contributed by atoms with Gasteiger partial charge in [-0.25, -0.2) is 13.1 Å². The van der Waals surface area contributed by atoms with Gasteiger partial charge in [-0.15, -0.1) is 0 Å². The van der Waals surface area contributed by atoms with Crippen LogP contribution in [-0.2, 0) is 26.6 Å². The SMILES string of the molecule is CC(=O)N[C@H]1[C@H](NS(=O)(=O)c2cccc3nn(C)nc23)[C@@H]2CCO[C@@H]21. The number of hydrogen-bond donors (Lipinski definition) is 2. The molecule has 0 spiro atoms. The summed E-state index contributed by atoms with van der Waals surface area (Å²) >= 11 is 0. The Labute approximate surface area is 144 Å². The molecule has 2 N–H and O–H groups in total. The van der Waals surface area contributed by atoms with E-state index in [4.69, 9.17) is 4.74 Å². The first-order valence-corrected chi connectivity index (χ1v) is 9.56. The van der Waals surface area contributed by atoms with Gasteiger partial charge in [0.15, 0.2) is 0 Å². The van der Waals surface area contributed by atoms with Crippen molar-refractivity contribution in [3.05, 3.63) is 18.2 Å². The van der Waals surface area contributed by atoms with Crippen molar-refractivity contribution in [2.24, 2.45) is 13.0 Å². The van der Waals surface area contributed by atoms with Crippen molar-refractivity contribution in [1.82, 2.24) is 25.0 Å². The van der Waals surface area contributed by atoms with Gasteiger partial charge in [0.05, 0.1) is 18.2 Å². The number of sulfonamides is 1. The van der Waals surface area contributed by atoms with E-state index in [-0.39, 0.29) is 28.9 Å². The van der Waals surface area contributed by atoms with E-state index >= 15 is 0 Å². The molecule has 0 unspecified atom stereocenters. The molecule has 0 radical (unpaired) electrons. The molecule has 1 aliphatic heterocycles. The molecule has 2 heterocycles. The van der Waals surface area contributed by atoms with Gasteiger partial charge < -0.3 is 10.1 Å². The van der Waals surface area contributed by atoms with E-state index in [2.05, 4.69) is 20.2 Å². The van der Waals surface area contributed by atoms with Crippen LogP contribution in [0.2, 0.25) is 0 Å². The minimum Gasteiger partial charge on any atom is -0.376 e. The molecule has 10 heteroatoms. The Morgan fingerprint density at radius 3 is 2.88 bits per heavy atom. The number of aryl methyl sites for hydroxylation is 1. The number of ether oxygens (including phenoxy) is 1. The molecular weight excluding hydrogens is 346 g/mol. The number of amides is 1. The zero-order valence-corrected chi connectivity index (χ0v) is 14.7. The lowest BCUT2D eigenvalue weighted by atomic mass is 9.72. The minimum atomic E-state index is -3.81. The highest BCUT2D eigenvalue weighted by molar-refractivity contribution is 7.89. The number of nitrogens with one attached hydrogen (secondary N) is 2. The summed E-state index contributed by atoms with van der Waals surface area (Å²) < 4.78 is 34.2. The molecule has 2 fully saturated rings. The van der Waals surface area contributed by atoms with Crippen molar-refractivity contribution >= 4 is 27.0 Å². The number of carbonyl (C=O) groups excluding carboxylic acids is 1. The van der Waals surface area contributed by atoms with Gasteiger partial charge in [0, 0.05) is 26.5 Å². The first-order valence-electron chi connectivity index (χ1n) is 8.08. The summed E-state index contributed by atoms with van der Waals surface area (Å²) in [5.74, 6) is -0.146. The van der Waals surface area contributed by atoms with Crippen LogP contribution >= 0.6 is 0 Å². The molecule has 4 rings (SSSR count). The molecule has 25 heavy (non-hydrogen) atoms. The summed E-state index contributed by atoms with van der Waals surface area (Å²) in [6, 6.07) is 4.10. The van der Waals surface area contributed by atoms with Crippen molar-refractivity contribution in [1.29, 1.82) is 0 Å². The molecule has 134 valence electrons. The highest BCUT2D eigenvalue weighted by Gasteiger charge is 2.55. The Hall–Kier alpha value is -2.04. The zero-order chi connectivity index (χ0) is 17.8. The second kappa shape index (κ2) is 5.75. The summed E-state index contributed by atoms with van der Waals surface area (Å²) in [4.78, 5) is 12.9. The molecule has 1 aromatic heterocycles. The first-order chi connectivity index (χ1) is 11.9. The highest BCUT2D eigenvalue weighted by Crippen LogP contribution is 2.40. The maximum absolute atomic E-state index is 12.9. The van der Waals surface area contributed by atoms with Gasteiger partial charge in [-0.05, 0) is 18.6 Å². The number of hydrogen-bond acceptors (Lipinski definition) is 6. The molecule has 2 aromatic rings. The van der Waals surface area contributed by atoms with Gasteiger partial charge in [0.25, 0.3) is 0 Å². The van der Waals surface area contributed by atoms with E-state index in [0.717, 1.165) is 6.42 Å². The van der Waals surface area contributed by atoms with Crippen LogP contribution in [0, 0.1) is 5.92 Å². The highest BCUT2D eigenvalue weighted by atomic mass is 32.2. The number of aromatic nitrogens is 3. The van der Waals surface area contributed by atoms with Gasteiger partial charge in [-0.1, -0.05) is 6.07 Å². The van der Waals surface area contributed by atoms with Crippen molar-refractivity contribution < 1.29 is 17.9 Å². The lowest BCUT2D eigenvalue weighted by molar-refractivity contribution is -0.123. The molecule has 1 saturated heterocycles. The van der Waals surface area contributed by atoms with Crippen LogP contribution in [0.1, 0.15) is 13.3 Å². The van der Waals surface area contributed by atoms with Crippen molar-refractivity contribution in [3.8, 4) is 0 Å². The van der Waals surface area contributed by atoms with E-state index in [1.807, 2.05) is 0 Å². The number of nitrogens with zero attached hydrogens (tertiary/aromatic N) is 3. The van der Waals surface area contributed by atoms with Crippen LogP contribution in [-0.4, -0.2) is 54.1 Å². The van der Waals surface area contributed by atoms with Gasteiger partial charge in [0.1, 0.15) is 15.9 Å². The third-order valence-electron chi connectivity index (χ3n) is 4.81. The zero-order valence-electron chi connectivity index (χ0n) is 13.8. The fourth-order valence-electron chi connectivity index (χ4n) is 3.75. The minimum absolute atomic E-state index is 0.0627. The normalized spacial score (nSPS) is 28.6. The van der Waals surface area contributed by atoms with E-state index in [1.165, 1.54) is 17.8 Å². The Kier molecular flexibility index (Phi) is 3.78. The van der Waals surface area contributed by atoms with Gasteiger partial charge in [-0.3, -0.25) is 4.79 Å². The quantitative estimate of drug-likeness (QED) is 0.757. The first kappa shape index (κ1) is 16.4. The number of carbonyl (C=O) groups is 1. The third kappa shape index (κ3) is 2.70. The maximum Gasteiger partial charge on any atom is 0.243 e. The fourth-order valence-corrected chi connectivity index (χ4v) is 5.21. The third-order valence-corrected chi connectivity index (χ3v) is 6.30. The van der Waals surface area contributed by atoms with Crippen LogP contribution in [0.3, 0.4) is 0 Å². The molecule has 1 amide bonds. The Morgan fingerprint density at radius 2 is 2.12 bits per heavy atom. The predicted octanol–water partition coefficient (Wildman–Crippen LogP) is -0.461. The van der Waals surface area contributed by atoms with Crippen LogP contribution in [0.25, 0.3) is 11.0 Å². The van der Waals surface area contributed by atoms with Crippen LogP contribution < -0.4 is 10.0 Å². The molecule has 1 saturated carbocycles. The lowest BCUT2D eigenvalue weighted by Crippen LogP contribution is -2.70. The smallest absolute Gasteiger partial charge is 0.243 e. The summed E-state index contributed by atoms with van der Waals surface area (Å²) in [6.07, 6.45) is 0.632. The van der Waals surface area contributed by atoms with E-state index < -0.39 is 16.1 Å². The number of benzene rings is 1. The topological polar surface area (TPSA) is 115 Å². The summed E-state index contributed by atoms with van der Waals surface area (Å²) in [6.45, 7) is 1.98. The molecule has 0 bridgehead atoms. The molecule has 9 nitrogen and oxygen atoms in total. The summed E-state index contributed by atoms with van der Waals surface area (Å²) in [5.41, 5.74) is 0.839. The standard InChI is InChI=1S/C15H19N5O4S/c1-8(21)16-14-12(9-6-7-24-15(9)14)19-25(22,23)11-5-3-4-10-13(11)18-20(2)17-10/h3-5,9,12,14-15,19H,6-7H2,1-2H3,(H,16,21)/t9-,12+,14-,15-/m0/s1. The average molecular weight is 365 g/mol. The second-order valence-electron chi connectivity index (χ2n) is 6.47. The maximum atomic E-state index is 12.9. The Balaban J connectivity index is 1.65. The van der Waals surface area contributed by atoms with Crippen molar-refractivity contribution in [3.63, 3.8) is 0 Å². The Morgan fingerprint density at radius 1 is 1.32 bits per heavy atom. The van der Waals surface area contributed by atoms with Gasteiger partial charge in [-0.2, -0.15) is 15.0 Å². The number of fused-ring (bicyclic) bond motifs is 2.